The number of thioether (sulfide) groups is 1. The first-order valence-electron chi connectivity index (χ1n) is 13.2. The van der Waals surface area contributed by atoms with Crippen molar-refractivity contribution < 1.29 is 14.4 Å². The highest BCUT2D eigenvalue weighted by atomic mass is 35.5. The Labute approximate surface area is 259 Å². The Morgan fingerprint density at radius 3 is 2.26 bits per heavy atom. The molecule has 0 spiro atoms. The van der Waals surface area contributed by atoms with Gasteiger partial charge in [-0.05, 0) is 65.6 Å². The predicted molar refractivity (Wildman–Crippen MR) is 173 cm³/mol. The maximum atomic E-state index is 13.4. The lowest BCUT2D eigenvalue weighted by molar-refractivity contribution is -0.114. The zero-order valence-electron chi connectivity index (χ0n) is 23.0. The maximum Gasteiger partial charge on any atom is 0.272 e. The van der Waals surface area contributed by atoms with Crippen LogP contribution in [-0.4, -0.2) is 23.5 Å². The Morgan fingerprint density at radius 1 is 0.833 bits per heavy atom. The van der Waals surface area contributed by atoms with Crippen molar-refractivity contribution in [3.05, 3.63) is 129 Å². The fraction of sp³-hybridized carbons (Fsp3) is 0.121. The minimum atomic E-state index is -0.484. The van der Waals surface area contributed by atoms with E-state index in [1.807, 2.05) is 36.4 Å². The zero-order chi connectivity index (χ0) is 30.1. The fourth-order valence-corrected chi connectivity index (χ4v) is 4.99. The van der Waals surface area contributed by atoms with Gasteiger partial charge in [0.1, 0.15) is 5.70 Å². The van der Waals surface area contributed by atoms with Crippen molar-refractivity contribution in [2.45, 2.75) is 24.7 Å². The van der Waals surface area contributed by atoms with E-state index in [-0.39, 0.29) is 22.4 Å². The first-order chi connectivity index (χ1) is 20.2. The molecule has 0 aliphatic heterocycles. The van der Waals surface area contributed by atoms with Gasteiger partial charge in [-0.2, -0.15) is 0 Å². The van der Waals surface area contributed by atoms with E-state index in [1.165, 1.54) is 17.3 Å². The summed E-state index contributed by atoms with van der Waals surface area (Å²) in [4.78, 5) is 39.6. The molecule has 0 atom stereocenters. The Kier molecular flexibility index (Phi) is 10.8. The molecule has 0 aliphatic carbocycles. The molecule has 0 aliphatic rings. The van der Waals surface area contributed by atoms with Gasteiger partial charge in [0.05, 0.1) is 21.5 Å². The molecule has 0 bridgehead atoms. The molecule has 3 amide bonds. The molecule has 0 saturated carbocycles. The first-order valence-corrected chi connectivity index (χ1v) is 14.9. The largest absolute Gasteiger partial charge is 0.324 e. The molecule has 4 aromatic rings. The van der Waals surface area contributed by atoms with Crippen LogP contribution >= 0.6 is 35.0 Å². The van der Waals surface area contributed by atoms with Crippen LogP contribution < -0.4 is 16.0 Å². The topological polar surface area (TPSA) is 87.3 Å². The number of hydrogen-bond donors (Lipinski definition) is 3. The molecule has 3 N–H and O–H groups in total. The predicted octanol–water partition coefficient (Wildman–Crippen LogP) is 8.26. The van der Waals surface area contributed by atoms with Crippen molar-refractivity contribution in [1.82, 2.24) is 5.32 Å². The van der Waals surface area contributed by atoms with E-state index < -0.39 is 11.8 Å². The highest BCUT2D eigenvalue weighted by molar-refractivity contribution is 8.00. The van der Waals surface area contributed by atoms with Gasteiger partial charge in [-0.25, -0.2) is 0 Å². The molecule has 0 saturated heterocycles. The monoisotopic (exact) mass is 617 g/mol. The Bertz CT molecular complexity index is 1610. The van der Waals surface area contributed by atoms with Crippen LogP contribution in [0.4, 0.5) is 11.4 Å². The first kappa shape index (κ1) is 30.9. The Balaban J connectivity index is 1.47. The van der Waals surface area contributed by atoms with Crippen LogP contribution in [0.1, 0.15) is 41.3 Å². The average molecular weight is 619 g/mol. The van der Waals surface area contributed by atoms with Crippen LogP contribution in [0.5, 0.6) is 0 Å². The quantitative estimate of drug-likeness (QED) is 0.123. The second-order valence-corrected chi connectivity index (χ2v) is 11.5. The lowest BCUT2D eigenvalue weighted by Crippen LogP contribution is -2.30. The van der Waals surface area contributed by atoms with Crippen molar-refractivity contribution in [2.75, 3.05) is 16.4 Å². The maximum absolute atomic E-state index is 13.4. The van der Waals surface area contributed by atoms with Crippen molar-refractivity contribution in [2.24, 2.45) is 0 Å². The van der Waals surface area contributed by atoms with Gasteiger partial charge >= 0.3 is 0 Å². The molecule has 214 valence electrons. The van der Waals surface area contributed by atoms with Gasteiger partial charge in [-0.1, -0.05) is 91.6 Å². The van der Waals surface area contributed by atoms with Gasteiger partial charge < -0.3 is 16.0 Å². The van der Waals surface area contributed by atoms with Crippen LogP contribution in [0.25, 0.3) is 6.08 Å². The molecule has 6 nitrogen and oxygen atoms in total. The number of amides is 3. The van der Waals surface area contributed by atoms with Crippen molar-refractivity contribution in [3.8, 4) is 0 Å². The summed E-state index contributed by atoms with van der Waals surface area (Å²) < 4.78 is 0. The van der Waals surface area contributed by atoms with Crippen LogP contribution in [0, 0.1) is 0 Å². The number of carbonyl (C=O) groups is 3. The van der Waals surface area contributed by atoms with Gasteiger partial charge in [0, 0.05) is 16.1 Å². The minimum absolute atomic E-state index is 0.0944. The van der Waals surface area contributed by atoms with Gasteiger partial charge in [-0.15, -0.1) is 11.8 Å². The fourth-order valence-electron chi connectivity index (χ4n) is 3.88. The number of anilines is 2. The lowest BCUT2D eigenvalue weighted by Gasteiger charge is -2.13. The second-order valence-electron chi connectivity index (χ2n) is 9.62. The van der Waals surface area contributed by atoms with E-state index in [1.54, 1.807) is 66.7 Å². The summed E-state index contributed by atoms with van der Waals surface area (Å²) in [6.07, 6.45) is 1.64. The van der Waals surface area contributed by atoms with E-state index >= 15 is 0 Å². The van der Waals surface area contributed by atoms with Crippen LogP contribution in [-0.2, 0) is 9.59 Å². The SMILES string of the molecule is CC(C)c1ccc(/C=C(/NC(=O)c2ccccc2)C(=O)Nc2cccc(SCC(=O)Nc3cccc(Cl)c3Cl)c2)cc1. The highest BCUT2D eigenvalue weighted by Crippen LogP contribution is 2.30. The van der Waals surface area contributed by atoms with E-state index in [2.05, 4.69) is 29.8 Å². The van der Waals surface area contributed by atoms with E-state index in [0.29, 0.717) is 27.9 Å². The molecule has 0 aromatic heterocycles. The molecule has 4 aromatic carbocycles. The van der Waals surface area contributed by atoms with Crippen molar-refractivity contribution >= 4 is 70.1 Å². The third-order valence-electron chi connectivity index (χ3n) is 6.13. The standard InChI is InChI=1S/C33H29Cl2N3O3S/c1-21(2)23-16-14-22(15-17-23)18-29(38-32(40)24-8-4-3-5-9-24)33(41)36-25-10-6-11-26(19-25)42-20-30(39)37-28-13-7-12-27(34)31(28)35/h3-19,21H,20H2,1-2H3,(H,36,41)(H,37,39)(H,38,40)/b29-18+. The number of halogens is 2. The number of rotatable bonds is 10. The van der Waals surface area contributed by atoms with Crippen LogP contribution in [0.15, 0.2) is 108 Å². The summed E-state index contributed by atoms with van der Waals surface area (Å²) in [5.41, 5.74) is 3.42. The zero-order valence-corrected chi connectivity index (χ0v) is 25.3. The minimum Gasteiger partial charge on any atom is -0.324 e. The number of nitrogens with one attached hydrogen (secondary N) is 3. The second kappa shape index (κ2) is 14.7. The van der Waals surface area contributed by atoms with E-state index in [9.17, 15) is 14.4 Å². The third-order valence-corrected chi connectivity index (χ3v) is 7.94. The summed E-state index contributed by atoms with van der Waals surface area (Å²) in [7, 11) is 0. The summed E-state index contributed by atoms with van der Waals surface area (Å²) in [5.74, 6) is -0.649. The molecule has 0 fully saturated rings. The third kappa shape index (κ3) is 8.73. The van der Waals surface area contributed by atoms with Crippen molar-refractivity contribution in [3.63, 3.8) is 0 Å². The normalized spacial score (nSPS) is 11.2. The highest BCUT2D eigenvalue weighted by Gasteiger charge is 2.16. The molecular weight excluding hydrogens is 589 g/mol. The summed E-state index contributed by atoms with van der Waals surface area (Å²) in [6, 6.07) is 28.7. The number of benzene rings is 4. The molecule has 0 unspecified atom stereocenters. The van der Waals surface area contributed by atoms with Gasteiger partial charge in [0.25, 0.3) is 11.8 Å². The smallest absolute Gasteiger partial charge is 0.272 e. The Morgan fingerprint density at radius 2 is 1.55 bits per heavy atom. The summed E-state index contributed by atoms with van der Waals surface area (Å²) in [6.45, 7) is 4.22. The van der Waals surface area contributed by atoms with Gasteiger partial charge in [0.2, 0.25) is 5.91 Å². The average Bonchev–Trinajstić information content (AvgIpc) is 2.99. The number of hydrogen-bond acceptors (Lipinski definition) is 4. The van der Waals surface area contributed by atoms with Gasteiger partial charge in [0.15, 0.2) is 0 Å². The van der Waals surface area contributed by atoms with Crippen LogP contribution in [0.2, 0.25) is 10.0 Å². The molecule has 42 heavy (non-hydrogen) atoms. The Hall–Kier alpha value is -4.04. The molecule has 0 heterocycles. The van der Waals surface area contributed by atoms with E-state index in [4.69, 9.17) is 23.2 Å². The molecule has 0 radical (unpaired) electrons. The lowest BCUT2D eigenvalue weighted by atomic mass is 10.0. The van der Waals surface area contributed by atoms with Gasteiger partial charge in [-0.3, -0.25) is 14.4 Å². The molecular formula is C33H29Cl2N3O3S. The van der Waals surface area contributed by atoms with Crippen molar-refractivity contribution in [1.29, 1.82) is 0 Å². The summed E-state index contributed by atoms with van der Waals surface area (Å²) in [5, 5.41) is 9.01. The van der Waals surface area contributed by atoms with Crippen LogP contribution in [0.3, 0.4) is 0 Å². The van der Waals surface area contributed by atoms with E-state index in [0.717, 1.165) is 10.5 Å². The number of carbonyl (C=O) groups excluding carboxylic acids is 3. The molecule has 9 heteroatoms. The molecule has 4 rings (SSSR count). The summed E-state index contributed by atoms with van der Waals surface area (Å²) >= 11 is 13.5.